The zero-order valence-corrected chi connectivity index (χ0v) is 11.1. The van der Waals surface area contributed by atoms with E-state index in [1.807, 2.05) is 6.07 Å². The molecule has 1 atom stereocenters. The molecule has 0 radical (unpaired) electrons. The van der Waals surface area contributed by atoms with Crippen LogP contribution in [0.25, 0.3) is 0 Å². The minimum atomic E-state index is -0.880. The fraction of sp³-hybridized carbons (Fsp3) is 0.357. The van der Waals surface area contributed by atoms with Crippen LogP contribution in [0.5, 0.6) is 5.75 Å². The largest absolute Gasteiger partial charge is 0.427 e. The molecule has 2 rings (SSSR count). The molecule has 1 aliphatic heterocycles. The topological polar surface area (TPSA) is 70.4 Å². The number of esters is 1. The van der Waals surface area contributed by atoms with Gasteiger partial charge in [-0.05, 0) is 30.7 Å². The molecule has 0 N–H and O–H groups in total. The lowest BCUT2D eigenvalue weighted by molar-refractivity contribution is -0.131. The van der Waals surface area contributed by atoms with Gasteiger partial charge in [0.1, 0.15) is 5.75 Å². The van der Waals surface area contributed by atoms with Crippen molar-refractivity contribution in [1.29, 1.82) is 5.26 Å². The SMILES string of the molecule is CC(=O)Oc1ccc2c(c1)C(C)(CC#N)C(=O)N2C. The maximum absolute atomic E-state index is 12.3. The fourth-order valence-electron chi connectivity index (χ4n) is 2.40. The van der Waals surface area contributed by atoms with E-state index in [9.17, 15) is 9.59 Å². The Kier molecular flexibility index (Phi) is 3.03. The molecule has 98 valence electrons. The first-order valence-electron chi connectivity index (χ1n) is 5.88. The highest BCUT2D eigenvalue weighted by Gasteiger charge is 2.46. The van der Waals surface area contributed by atoms with Crippen LogP contribution in [0.2, 0.25) is 0 Å². The molecule has 0 spiro atoms. The third-order valence-corrected chi connectivity index (χ3v) is 3.39. The van der Waals surface area contributed by atoms with Crippen LogP contribution < -0.4 is 9.64 Å². The van der Waals surface area contributed by atoms with E-state index in [1.165, 1.54) is 11.8 Å². The molecule has 1 aliphatic rings. The average molecular weight is 258 g/mol. The van der Waals surface area contributed by atoms with Crippen LogP contribution >= 0.6 is 0 Å². The van der Waals surface area contributed by atoms with Crippen LogP contribution in [0.3, 0.4) is 0 Å². The van der Waals surface area contributed by atoms with Gasteiger partial charge in [-0.2, -0.15) is 5.26 Å². The maximum atomic E-state index is 12.3. The van der Waals surface area contributed by atoms with Crippen molar-refractivity contribution in [2.24, 2.45) is 0 Å². The minimum absolute atomic E-state index is 0.0900. The fourth-order valence-corrected chi connectivity index (χ4v) is 2.40. The van der Waals surface area contributed by atoms with Crippen LogP contribution in [0.1, 0.15) is 25.8 Å². The Morgan fingerprint density at radius 3 is 2.79 bits per heavy atom. The third kappa shape index (κ3) is 1.95. The number of anilines is 1. The number of benzene rings is 1. The summed E-state index contributed by atoms with van der Waals surface area (Å²) in [4.78, 5) is 24.8. The second-order valence-corrected chi connectivity index (χ2v) is 4.80. The Bertz CT molecular complexity index is 603. The first kappa shape index (κ1) is 13.1. The number of fused-ring (bicyclic) bond motifs is 1. The van der Waals surface area contributed by atoms with Crippen molar-refractivity contribution in [1.82, 2.24) is 0 Å². The van der Waals surface area contributed by atoms with Crippen molar-refractivity contribution >= 4 is 17.6 Å². The molecule has 0 saturated carbocycles. The lowest BCUT2D eigenvalue weighted by Gasteiger charge is -2.19. The Morgan fingerprint density at radius 1 is 1.53 bits per heavy atom. The van der Waals surface area contributed by atoms with E-state index in [4.69, 9.17) is 10.00 Å². The summed E-state index contributed by atoms with van der Waals surface area (Å²) >= 11 is 0. The lowest BCUT2D eigenvalue weighted by Crippen LogP contribution is -2.35. The van der Waals surface area contributed by atoms with Gasteiger partial charge in [0.15, 0.2) is 0 Å². The molecule has 1 unspecified atom stereocenters. The predicted octanol–water partition coefficient (Wildman–Crippen LogP) is 1.76. The van der Waals surface area contributed by atoms with Crippen molar-refractivity contribution in [3.63, 3.8) is 0 Å². The molecule has 5 heteroatoms. The molecule has 0 aromatic heterocycles. The van der Waals surface area contributed by atoms with Crippen molar-refractivity contribution in [3.8, 4) is 11.8 Å². The number of hydrogen-bond donors (Lipinski definition) is 0. The van der Waals surface area contributed by atoms with Gasteiger partial charge in [0.05, 0.1) is 17.9 Å². The lowest BCUT2D eigenvalue weighted by atomic mass is 9.81. The molecule has 19 heavy (non-hydrogen) atoms. The quantitative estimate of drug-likeness (QED) is 0.598. The van der Waals surface area contributed by atoms with Gasteiger partial charge in [-0.25, -0.2) is 0 Å². The molecule has 0 fully saturated rings. The van der Waals surface area contributed by atoms with Crippen LogP contribution in [-0.2, 0) is 15.0 Å². The number of nitriles is 1. The summed E-state index contributed by atoms with van der Waals surface area (Å²) in [5.74, 6) is -0.151. The molecule has 0 bridgehead atoms. The van der Waals surface area contributed by atoms with E-state index in [2.05, 4.69) is 0 Å². The molecular weight excluding hydrogens is 244 g/mol. The Labute approximate surface area is 111 Å². The minimum Gasteiger partial charge on any atom is -0.427 e. The number of likely N-dealkylation sites (N-methyl/N-ethyl adjacent to an activating group) is 1. The highest BCUT2D eigenvalue weighted by molar-refractivity contribution is 6.07. The van der Waals surface area contributed by atoms with Gasteiger partial charge in [-0.3, -0.25) is 9.59 Å². The van der Waals surface area contributed by atoms with Crippen molar-refractivity contribution in [2.45, 2.75) is 25.7 Å². The van der Waals surface area contributed by atoms with Crippen molar-refractivity contribution in [3.05, 3.63) is 23.8 Å². The molecular formula is C14H14N2O3. The van der Waals surface area contributed by atoms with Gasteiger partial charge in [0, 0.05) is 19.7 Å². The summed E-state index contributed by atoms with van der Waals surface area (Å²) in [6.07, 6.45) is 0.0900. The molecule has 1 amide bonds. The maximum Gasteiger partial charge on any atom is 0.308 e. The van der Waals surface area contributed by atoms with Crippen LogP contribution in [0.15, 0.2) is 18.2 Å². The first-order chi connectivity index (χ1) is 8.90. The number of ether oxygens (including phenoxy) is 1. The van der Waals surface area contributed by atoms with E-state index in [0.717, 1.165) is 11.3 Å². The summed E-state index contributed by atoms with van der Waals surface area (Å²) in [6, 6.07) is 7.08. The first-order valence-corrected chi connectivity index (χ1v) is 5.88. The van der Waals surface area contributed by atoms with Gasteiger partial charge in [0.25, 0.3) is 0 Å². The van der Waals surface area contributed by atoms with Gasteiger partial charge in [-0.1, -0.05) is 0 Å². The van der Waals surface area contributed by atoms with E-state index in [-0.39, 0.29) is 12.3 Å². The number of hydrogen-bond acceptors (Lipinski definition) is 4. The second kappa shape index (κ2) is 4.39. The third-order valence-electron chi connectivity index (χ3n) is 3.39. The molecule has 0 saturated heterocycles. The summed E-state index contributed by atoms with van der Waals surface area (Å²) in [5.41, 5.74) is 0.591. The Morgan fingerprint density at radius 2 is 2.21 bits per heavy atom. The van der Waals surface area contributed by atoms with Crippen LogP contribution in [0, 0.1) is 11.3 Å². The van der Waals surface area contributed by atoms with Crippen LogP contribution in [-0.4, -0.2) is 18.9 Å². The van der Waals surface area contributed by atoms with Gasteiger partial charge < -0.3 is 9.64 Å². The van der Waals surface area contributed by atoms with Gasteiger partial charge >= 0.3 is 5.97 Å². The monoisotopic (exact) mass is 258 g/mol. The van der Waals surface area contributed by atoms with Crippen LogP contribution in [0.4, 0.5) is 5.69 Å². The molecule has 5 nitrogen and oxygen atoms in total. The van der Waals surface area contributed by atoms with E-state index in [1.54, 1.807) is 32.2 Å². The van der Waals surface area contributed by atoms with E-state index in [0.29, 0.717) is 5.75 Å². The van der Waals surface area contributed by atoms with Crippen molar-refractivity contribution < 1.29 is 14.3 Å². The summed E-state index contributed by atoms with van der Waals surface area (Å²) in [6.45, 7) is 3.05. The number of carbonyl (C=O) groups is 2. The predicted molar refractivity (Wildman–Crippen MR) is 68.7 cm³/mol. The number of nitrogens with zero attached hydrogens (tertiary/aromatic N) is 2. The molecule has 1 heterocycles. The Hall–Kier alpha value is -2.35. The molecule has 1 aromatic carbocycles. The highest BCUT2D eigenvalue weighted by Crippen LogP contribution is 2.44. The zero-order valence-electron chi connectivity index (χ0n) is 11.1. The summed E-state index contributed by atoms with van der Waals surface area (Å²) in [7, 11) is 1.68. The number of carbonyl (C=O) groups excluding carboxylic acids is 2. The van der Waals surface area contributed by atoms with E-state index >= 15 is 0 Å². The zero-order chi connectivity index (χ0) is 14.2. The molecule has 0 aliphatic carbocycles. The smallest absolute Gasteiger partial charge is 0.308 e. The molecule has 1 aromatic rings. The second-order valence-electron chi connectivity index (χ2n) is 4.80. The number of amides is 1. The van der Waals surface area contributed by atoms with E-state index < -0.39 is 11.4 Å². The number of rotatable bonds is 2. The van der Waals surface area contributed by atoms with Crippen molar-refractivity contribution in [2.75, 3.05) is 11.9 Å². The highest BCUT2D eigenvalue weighted by atomic mass is 16.5. The normalized spacial score (nSPS) is 20.9. The Balaban J connectivity index is 2.54. The standard InChI is InChI=1S/C14H14N2O3/c1-9(17)19-10-4-5-12-11(8-10)14(2,6-7-15)13(18)16(12)3/h4-5,8H,6H2,1-3H3. The van der Waals surface area contributed by atoms with Gasteiger partial charge in [0.2, 0.25) is 5.91 Å². The van der Waals surface area contributed by atoms with Gasteiger partial charge in [-0.15, -0.1) is 0 Å². The summed E-state index contributed by atoms with van der Waals surface area (Å²) in [5, 5.41) is 8.93. The average Bonchev–Trinajstić information content (AvgIpc) is 2.52. The summed E-state index contributed by atoms with van der Waals surface area (Å²) < 4.78 is 5.03.